The Morgan fingerprint density at radius 3 is 3.00 bits per heavy atom. The highest BCUT2D eigenvalue weighted by atomic mass is 32.2. The van der Waals surface area contributed by atoms with Crippen LogP contribution >= 0.6 is 23.1 Å². The molecule has 0 saturated heterocycles. The predicted molar refractivity (Wildman–Crippen MR) is 76.1 cm³/mol. The molecule has 1 aromatic rings. The number of rotatable bonds is 4. The fourth-order valence-electron chi connectivity index (χ4n) is 2.31. The van der Waals surface area contributed by atoms with Crippen LogP contribution in [-0.2, 0) is 4.79 Å². The molecule has 1 amide bonds. The first kappa shape index (κ1) is 13.9. The van der Waals surface area contributed by atoms with Gasteiger partial charge >= 0.3 is 0 Å². The van der Waals surface area contributed by atoms with Crippen molar-refractivity contribution >= 4 is 29.0 Å². The molecule has 0 radical (unpaired) electrons. The number of aliphatic hydroxyl groups excluding tert-OH is 1. The molecule has 2 unspecified atom stereocenters. The standard InChI is InChI=1S/C13H19NO2S2/c1-14(10-5-2-3-6-11(10)15)12(16)9-18-13-7-4-8-17-13/h4,7-8,10-11,15H,2-3,5-6,9H2,1H3. The molecule has 1 aliphatic rings. The van der Waals surface area contributed by atoms with Gasteiger partial charge < -0.3 is 10.0 Å². The van der Waals surface area contributed by atoms with Gasteiger partial charge in [0.1, 0.15) is 0 Å². The lowest BCUT2D eigenvalue weighted by molar-refractivity contribution is -0.132. The van der Waals surface area contributed by atoms with Crippen molar-refractivity contribution < 1.29 is 9.90 Å². The van der Waals surface area contributed by atoms with E-state index in [0.29, 0.717) is 5.75 Å². The third-order valence-electron chi connectivity index (χ3n) is 3.42. The van der Waals surface area contributed by atoms with Gasteiger partial charge in [-0.15, -0.1) is 23.1 Å². The molecule has 100 valence electrons. The number of hydrogen-bond acceptors (Lipinski definition) is 4. The summed E-state index contributed by atoms with van der Waals surface area (Å²) < 4.78 is 1.17. The zero-order valence-electron chi connectivity index (χ0n) is 10.5. The first-order valence-electron chi connectivity index (χ1n) is 6.28. The van der Waals surface area contributed by atoms with Gasteiger partial charge in [0, 0.05) is 7.05 Å². The third kappa shape index (κ3) is 3.49. The second-order valence-corrected chi connectivity index (χ2v) is 6.87. The summed E-state index contributed by atoms with van der Waals surface area (Å²) in [6.07, 6.45) is 3.58. The summed E-state index contributed by atoms with van der Waals surface area (Å²) in [6, 6.07) is 4.03. The van der Waals surface area contributed by atoms with E-state index < -0.39 is 0 Å². The van der Waals surface area contributed by atoms with Crippen molar-refractivity contribution in [3.8, 4) is 0 Å². The fraction of sp³-hybridized carbons (Fsp3) is 0.615. The van der Waals surface area contributed by atoms with E-state index in [0.717, 1.165) is 25.7 Å². The van der Waals surface area contributed by atoms with Crippen LogP contribution in [0.25, 0.3) is 0 Å². The van der Waals surface area contributed by atoms with Crippen LogP contribution in [-0.4, -0.2) is 40.9 Å². The quantitative estimate of drug-likeness (QED) is 0.865. The van der Waals surface area contributed by atoms with Crippen LogP contribution in [0.4, 0.5) is 0 Å². The number of hydrogen-bond donors (Lipinski definition) is 1. The summed E-state index contributed by atoms with van der Waals surface area (Å²) in [4.78, 5) is 13.8. The molecular weight excluding hydrogens is 266 g/mol. The number of aliphatic hydroxyl groups is 1. The summed E-state index contributed by atoms with van der Waals surface area (Å²) >= 11 is 3.23. The van der Waals surface area contributed by atoms with Crippen LogP contribution in [0.15, 0.2) is 21.7 Å². The molecular formula is C13H19NO2S2. The van der Waals surface area contributed by atoms with E-state index in [9.17, 15) is 9.90 Å². The Morgan fingerprint density at radius 1 is 1.56 bits per heavy atom. The molecule has 1 heterocycles. The maximum Gasteiger partial charge on any atom is 0.233 e. The molecule has 18 heavy (non-hydrogen) atoms. The zero-order chi connectivity index (χ0) is 13.0. The Kier molecular flexibility index (Phi) is 5.09. The average molecular weight is 285 g/mol. The molecule has 1 aliphatic carbocycles. The minimum atomic E-state index is -0.348. The van der Waals surface area contributed by atoms with Gasteiger partial charge in [-0.05, 0) is 24.3 Å². The van der Waals surface area contributed by atoms with Gasteiger partial charge in [0.2, 0.25) is 5.91 Å². The molecule has 1 aromatic heterocycles. The molecule has 1 saturated carbocycles. The minimum Gasteiger partial charge on any atom is -0.391 e. The van der Waals surface area contributed by atoms with Crippen LogP contribution in [0.1, 0.15) is 25.7 Å². The first-order valence-corrected chi connectivity index (χ1v) is 8.15. The SMILES string of the molecule is CN(C(=O)CSc1cccs1)C1CCCCC1O. The molecule has 0 bridgehead atoms. The Balaban J connectivity index is 1.84. The number of thioether (sulfide) groups is 1. The Morgan fingerprint density at radius 2 is 2.33 bits per heavy atom. The van der Waals surface area contributed by atoms with E-state index in [-0.39, 0.29) is 18.1 Å². The number of thiophene rings is 1. The normalized spacial score (nSPS) is 23.9. The summed E-state index contributed by atoms with van der Waals surface area (Å²) in [7, 11) is 1.82. The van der Waals surface area contributed by atoms with Gasteiger partial charge in [0.15, 0.2) is 0 Å². The molecule has 3 nitrogen and oxygen atoms in total. The van der Waals surface area contributed by atoms with Crippen molar-refractivity contribution in [3.05, 3.63) is 17.5 Å². The van der Waals surface area contributed by atoms with Crippen molar-refractivity contribution in [2.75, 3.05) is 12.8 Å². The Labute approximate surface area is 116 Å². The maximum atomic E-state index is 12.1. The number of amides is 1. The Hall–Kier alpha value is -0.520. The monoisotopic (exact) mass is 285 g/mol. The van der Waals surface area contributed by atoms with Crippen LogP contribution in [0.2, 0.25) is 0 Å². The number of likely N-dealkylation sites (N-methyl/N-ethyl adjacent to an activating group) is 1. The number of carbonyl (C=O) groups is 1. The van der Waals surface area contributed by atoms with E-state index in [2.05, 4.69) is 0 Å². The summed E-state index contributed by atoms with van der Waals surface area (Å²) in [5, 5.41) is 12.0. The van der Waals surface area contributed by atoms with Gasteiger partial charge in [0.25, 0.3) is 0 Å². The molecule has 0 aliphatic heterocycles. The maximum absolute atomic E-state index is 12.1. The Bertz CT molecular complexity index is 380. The lowest BCUT2D eigenvalue weighted by Gasteiger charge is -2.35. The lowest BCUT2D eigenvalue weighted by atomic mass is 9.91. The highest BCUT2D eigenvalue weighted by Gasteiger charge is 2.29. The van der Waals surface area contributed by atoms with Crippen LogP contribution < -0.4 is 0 Å². The van der Waals surface area contributed by atoms with Crippen molar-refractivity contribution in [1.29, 1.82) is 0 Å². The first-order chi connectivity index (χ1) is 8.68. The van der Waals surface area contributed by atoms with Gasteiger partial charge in [-0.3, -0.25) is 4.79 Å². The molecule has 2 rings (SSSR count). The molecule has 1 N–H and O–H groups in total. The summed E-state index contributed by atoms with van der Waals surface area (Å²) in [5.41, 5.74) is 0. The third-order valence-corrected chi connectivity index (χ3v) is 5.53. The molecule has 5 heteroatoms. The molecule has 1 fully saturated rings. The van der Waals surface area contributed by atoms with E-state index in [1.54, 1.807) is 28.0 Å². The van der Waals surface area contributed by atoms with E-state index in [4.69, 9.17) is 0 Å². The van der Waals surface area contributed by atoms with Crippen molar-refractivity contribution in [2.45, 2.75) is 42.0 Å². The number of carbonyl (C=O) groups excluding carboxylic acids is 1. The highest BCUT2D eigenvalue weighted by molar-refractivity contribution is 8.01. The lowest BCUT2D eigenvalue weighted by Crippen LogP contribution is -2.46. The van der Waals surface area contributed by atoms with Gasteiger partial charge in [-0.2, -0.15) is 0 Å². The van der Waals surface area contributed by atoms with E-state index in [1.165, 1.54) is 4.21 Å². The van der Waals surface area contributed by atoms with E-state index in [1.807, 2.05) is 24.6 Å². The smallest absolute Gasteiger partial charge is 0.233 e. The highest BCUT2D eigenvalue weighted by Crippen LogP contribution is 2.26. The minimum absolute atomic E-state index is 0.00943. The number of nitrogens with zero attached hydrogens (tertiary/aromatic N) is 1. The fourth-order valence-corrected chi connectivity index (χ4v) is 4.02. The van der Waals surface area contributed by atoms with Crippen LogP contribution in [0.3, 0.4) is 0 Å². The predicted octanol–water partition coefficient (Wildman–Crippen LogP) is 2.60. The summed E-state index contributed by atoms with van der Waals surface area (Å²) in [5.74, 6) is 0.569. The molecule has 0 spiro atoms. The average Bonchev–Trinajstić information content (AvgIpc) is 2.89. The second-order valence-electron chi connectivity index (χ2n) is 4.64. The second kappa shape index (κ2) is 6.59. The largest absolute Gasteiger partial charge is 0.391 e. The van der Waals surface area contributed by atoms with Crippen LogP contribution in [0, 0.1) is 0 Å². The van der Waals surface area contributed by atoms with Gasteiger partial charge in [-0.1, -0.05) is 18.9 Å². The molecule has 0 aromatic carbocycles. The van der Waals surface area contributed by atoms with Crippen molar-refractivity contribution in [1.82, 2.24) is 4.90 Å². The van der Waals surface area contributed by atoms with Crippen molar-refractivity contribution in [3.63, 3.8) is 0 Å². The van der Waals surface area contributed by atoms with E-state index >= 15 is 0 Å². The topological polar surface area (TPSA) is 40.5 Å². The molecule has 2 atom stereocenters. The van der Waals surface area contributed by atoms with Gasteiger partial charge in [-0.25, -0.2) is 0 Å². The zero-order valence-corrected chi connectivity index (χ0v) is 12.2. The van der Waals surface area contributed by atoms with Gasteiger partial charge in [0.05, 0.1) is 22.1 Å². The van der Waals surface area contributed by atoms with Crippen LogP contribution in [0.5, 0.6) is 0 Å². The summed E-state index contributed by atoms with van der Waals surface area (Å²) in [6.45, 7) is 0. The van der Waals surface area contributed by atoms with Crippen molar-refractivity contribution in [2.24, 2.45) is 0 Å².